The van der Waals surface area contributed by atoms with Crippen molar-refractivity contribution in [3.63, 3.8) is 0 Å². The summed E-state index contributed by atoms with van der Waals surface area (Å²) in [7, 11) is 3.04. The molecule has 1 aliphatic rings. The van der Waals surface area contributed by atoms with Gasteiger partial charge in [0.1, 0.15) is 22.1 Å². The van der Waals surface area contributed by atoms with E-state index in [-0.39, 0.29) is 28.5 Å². The average Bonchev–Trinajstić information content (AvgIpc) is 3.16. The lowest BCUT2D eigenvalue weighted by atomic mass is 10.1. The highest BCUT2D eigenvalue weighted by molar-refractivity contribution is 8.04. The number of carbonyl (C=O) groups excluding carboxylic acids is 3. The van der Waals surface area contributed by atoms with Crippen LogP contribution in [0, 0.1) is 6.92 Å². The van der Waals surface area contributed by atoms with E-state index in [0.29, 0.717) is 23.6 Å². The van der Waals surface area contributed by atoms with Crippen molar-refractivity contribution < 1.29 is 28.6 Å². The Hall–Kier alpha value is -4.24. The van der Waals surface area contributed by atoms with Gasteiger partial charge in [0.05, 0.1) is 37.8 Å². The molecule has 0 bridgehead atoms. The van der Waals surface area contributed by atoms with Gasteiger partial charge in [-0.1, -0.05) is 48.5 Å². The van der Waals surface area contributed by atoms with Gasteiger partial charge in [-0.2, -0.15) is 0 Å². The molecule has 4 rings (SSSR count). The van der Waals surface area contributed by atoms with Gasteiger partial charge in [0, 0.05) is 11.0 Å². The number of benzene rings is 3. The lowest BCUT2D eigenvalue weighted by molar-refractivity contribution is -0.120. The molecule has 3 aromatic rings. The molecule has 196 valence electrons. The van der Waals surface area contributed by atoms with Crippen LogP contribution in [0.15, 0.2) is 82.2 Å². The van der Waals surface area contributed by atoms with E-state index < -0.39 is 17.8 Å². The molecule has 9 heteroatoms. The Morgan fingerprint density at radius 2 is 1.68 bits per heavy atom. The number of ether oxygens (including phenoxy) is 3. The lowest BCUT2D eigenvalue weighted by Crippen LogP contribution is -2.33. The maximum atomic E-state index is 13.9. The molecule has 3 aromatic carbocycles. The summed E-state index contributed by atoms with van der Waals surface area (Å²) in [6.07, 6.45) is 0.644. The molecule has 2 amide bonds. The molecule has 0 saturated carbocycles. The van der Waals surface area contributed by atoms with Crippen molar-refractivity contribution in [2.24, 2.45) is 0 Å². The van der Waals surface area contributed by atoms with Gasteiger partial charge in [-0.15, -0.1) is 0 Å². The average molecular weight is 533 g/mol. The van der Waals surface area contributed by atoms with Gasteiger partial charge in [-0.05, 0) is 49.7 Å². The molecule has 38 heavy (non-hydrogen) atoms. The maximum Gasteiger partial charge on any atom is 0.340 e. The molecule has 8 nitrogen and oxygen atoms in total. The van der Waals surface area contributed by atoms with E-state index in [0.717, 1.165) is 15.4 Å². The number of aryl methyl sites for hydroxylation is 1. The summed E-state index contributed by atoms with van der Waals surface area (Å²) >= 11 is 1.17. The Balaban J connectivity index is 1.79. The number of imide groups is 1. The van der Waals surface area contributed by atoms with E-state index >= 15 is 0 Å². The number of rotatable bonds is 10. The van der Waals surface area contributed by atoms with Crippen LogP contribution >= 0.6 is 11.8 Å². The van der Waals surface area contributed by atoms with Crippen molar-refractivity contribution in [2.75, 3.05) is 31.0 Å². The van der Waals surface area contributed by atoms with Crippen LogP contribution in [-0.4, -0.2) is 38.6 Å². The third-order valence-corrected chi connectivity index (χ3v) is 6.84. The monoisotopic (exact) mass is 532 g/mol. The quantitative estimate of drug-likeness (QED) is 0.268. The number of nitrogens with one attached hydrogen (secondary N) is 1. The second-order valence-corrected chi connectivity index (χ2v) is 9.49. The predicted molar refractivity (Wildman–Crippen MR) is 147 cm³/mol. The van der Waals surface area contributed by atoms with E-state index in [9.17, 15) is 14.4 Å². The summed E-state index contributed by atoms with van der Waals surface area (Å²) in [5.41, 5.74) is 1.85. The molecule has 0 fully saturated rings. The Morgan fingerprint density at radius 3 is 2.37 bits per heavy atom. The zero-order valence-electron chi connectivity index (χ0n) is 21.6. The van der Waals surface area contributed by atoms with Gasteiger partial charge in [-0.3, -0.25) is 9.59 Å². The highest BCUT2D eigenvalue weighted by Crippen LogP contribution is 2.40. The second-order valence-electron chi connectivity index (χ2n) is 8.41. The maximum absolute atomic E-state index is 13.9. The Labute approximate surface area is 225 Å². The number of carbonyl (C=O) groups is 3. The fourth-order valence-corrected chi connectivity index (χ4v) is 4.74. The van der Waals surface area contributed by atoms with Gasteiger partial charge < -0.3 is 19.5 Å². The van der Waals surface area contributed by atoms with Crippen molar-refractivity contribution >= 4 is 40.9 Å². The Bertz CT molecular complexity index is 1400. The number of methoxy groups -OCH3 is 2. The van der Waals surface area contributed by atoms with Crippen LogP contribution in [0.4, 0.5) is 11.4 Å². The summed E-state index contributed by atoms with van der Waals surface area (Å²) in [6.45, 7) is 4.08. The van der Waals surface area contributed by atoms with Gasteiger partial charge >= 0.3 is 5.97 Å². The molecular weight excluding hydrogens is 504 g/mol. The molecular formula is C29H28N2O6S. The highest BCUT2D eigenvalue weighted by atomic mass is 32.2. The third-order valence-electron chi connectivity index (χ3n) is 5.75. The van der Waals surface area contributed by atoms with E-state index in [4.69, 9.17) is 14.2 Å². The number of esters is 1. The zero-order valence-corrected chi connectivity index (χ0v) is 22.4. The zero-order chi connectivity index (χ0) is 27.2. The first-order chi connectivity index (χ1) is 18.4. The lowest BCUT2D eigenvalue weighted by Gasteiger charge is -2.19. The summed E-state index contributed by atoms with van der Waals surface area (Å²) in [5.74, 6) is -0.767. The molecule has 0 spiro atoms. The van der Waals surface area contributed by atoms with Crippen LogP contribution < -0.4 is 19.7 Å². The SMILES string of the molecule is CCCOC(=O)c1ccccc1N1C(=O)C(Nc2cc(OC)ccc2OC)=C(Sc2ccc(C)cc2)C1=O. The van der Waals surface area contributed by atoms with Crippen molar-refractivity contribution in [3.05, 3.63) is 88.5 Å². The van der Waals surface area contributed by atoms with E-state index in [1.807, 2.05) is 38.1 Å². The number of amides is 2. The number of thioether (sulfide) groups is 1. The largest absolute Gasteiger partial charge is 0.497 e. The Kier molecular flexibility index (Phi) is 8.38. The predicted octanol–water partition coefficient (Wildman–Crippen LogP) is 5.57. The molecule has 0 aliphatic carbocycles. The molecule has 1 aliphatic heterocycles. The standard InChI is InChI=1S/C29H28N2O6S/c1-5-16-37-29(34)21-8-6-7-9-23(21)31-27(32)25(30-22-17-19(35-3)12-15-24(22)36-4)26(28(31)33)38-20-13-10-18(2)11-14-20/h6-15,17,30H,5,16H2,1-4H3. The van der Waals surface area contributed by atoms with Gasteiger partial charge in [0.2, 0.25) is 0 Å². The molecule has 0 atom stereocenters. The minimum Gasteiger partial charge on any atom is -0.497 e. The molecule has 1 heterocycles. The highest BCUT2D eigenvalue weighted by Gasteiger charge is 2.42. The van der Waals surface area contributed by atoms with Crippen LogP contribution in [0.25, 0.3) is 0 Å². The first kappa shape index (κ1) is 26.8. The van der Waals surface area contributed by atoms with E-state index in [1.165, 1.54) is 32.0 Å². The number of hydrogen-bond acceptors (Lipinski definition) is 8. The fourth-order valence-electron chi connectivity index (χ4n) is 3.82. The summed E-state index contributed by atoms with van der Waals surface area (Å²) in [4.78, 5) is 42.5. The fraction of sp³-hybridized carbons (Fsp3) is 0.207. The van der Waals surface area contributed by atoms with Gasteiger partial charge in [-0.25, -0.2) is 9.69 Å². The van der Waals surface area contributed by atoms with Crippen molar-refractivity contribution in [2.45, 2.75) is 25.2 Å². The van der Waals surface area contributed by atoms with Crippen molar-refractivity contribution in [1.82, 2.24) is 0 Å². The smallest absolute Gasteiger partial charge is 0.340 e. The second kappa shape index (κ2) is 11.9. The molecule has 0 radical (unpaired) electrons. The summed E-state index contributed by atoms with van der Waals surface area (Å²) in [5, 5.41) is 3.11. The van der Waals surface area contributed by atoms with Crippen LogP contribution in [0.3, 0.4) is 0 Å². The van der Waals surface area contributed by atoms with E-state index in [1.54, 1.807) is 36.4 Å². The van der Waals surface area contributed by atoms with E-state index in [2.05, 4.69) is 5.32 Å². The van der Waals surface area contributed by atoms with Gasteiger partial charge in [0.25, 0.3) is 11.8 Å². The first-order valence-electron chi connectivity index (χ1n) is 12.0. The van der Waals surface area contributed by atoms with Crippen LogP contribution in [0.5, 0.6) is 11.5 Å². The minimum absolute atomic E-state index is 0.0591. The third kappa shape index (κ3) is 5.52. The number of para-hydroxylation sites is 1. The van der Waals surface area contributed by atoms with Gasteiger partial charge in [0.15, 0.2) is 0 Å². The molecule has 0 unspecified atom stereocenters. The molecule has 1 N–H and O–H groups in total. The molecule has 0 aromatic heterocycles. The Morgan fingerprint density at radius 1 is 0.947 bits per heavy atom. The minimum atomic E-state index is -0.606. The molecule has 0 saturated heterocycles. The number of anilines is 2. The summed E-state index contributed by atoms with van der Waals surface area (Å²) in [6, 6.07) is 19.1. The van der Waals surface area contributed by atoms with Crippen molar-refractivity contribution in [3.8, 4) is 11.5 Å². The first-order valence-corrected chi connectivity index (χ1v) is 12.8. The van der Waals surface area contributed by atoms with Crippen LogP contribution in [0.1, 0.15) is 29.3 Å². The summed E-state index contributed by atoms with van der Waals surface area (Å²) < 4.78 is 16.1. The van der Waals surface area contributed by atoms with Crippen molar-refractivity contribution in [1.29, 1.82) is 0 Å². The topological polar surface area (TPSA) is 94.2 Å². The normalized spacial score (nSPS) is 13.1. The number of nitrogens with zero attached hydrogens (tertiary/aromatic N) is 1. The number of hydrogen-bond donors (Lipinski definition) is 1. The van der Waals surface area contributed by atoms with Crippen LogP contribution in [-0.2, 0) is 14.3 Å². The van der Waals surface area contributed by atoms with Crippen LogP contribution in [0.2, 0.25) is 0 Å².